The summed E-state index contributed by atoms with van der Waals surface area (Å²) in [5.41, 5.74) is 0. The number of halogens is 2. The Hall–Kier alpha value is -1.53. The number of rotatable bonds is 5. The third-order valence-corrected chi connectivity index (χ3v) is 4.01. The molecular formula is C15H12BrFO3S. The summed E-state index contributed by atoms with van der Waals surface area (Å²) < 4.78 is 24.2. The van der Waals surface area contributed by atoms with Gasteiger partial charge in [-0.15, -0.1) is 11.8 Å². The van der Waals surface area contributed by atoms with Crippen LogP contribution in [0.3, 0.4) is 0 Å². The quantitative estimate of drug-likeness (QED) is 0.446. The largest absolute Gasteiger partial charge is 0.497 e. The van der Waals surface area contributed by atoms with Crippen molar-refractivity contribution < 1.29 is 18.7 Å². The summed E-state index contributed by atoms with van der Waals surface area (Å²) in [6.07, 6.45) is 0. The first-order chi connectivity index (χ1) is 10.1. The van der Waals surface area contributed by atoms with Crippen LogP contribution in [-0.2, 0) is 4.79 Å². The van der Waals surface area contributed by atoms with Crippen molar-refractivity contribution in [1.29, 1.82) is 0 Å². The van der Waals surface area contributed by atoms with Crippen LogP contribution in [0, 0.1) is 5.82 Å². The lowest BCUT2D eigenvalue weighted by atomic mass is 10.3. The van der Waals surface area contributed by atoms with E-state index >= 15 is 0 Å². The first-order valence-corrected chi connectivity index (χ1v) is 7.79. The summed E-state index contributed by atoms with van der Waals surface area (Å²) in [6, 6.07) is 11.6. The molecule has 0 unspecified atom stereocenters. The Morgan fingerprint density at radius 3 is 2.57 bits per heavy atom. The molecule has 2 aromatic carbocycles. The molecule has 0 saturated carbocycles. The molecule has 2 rings (SSSR count). The molecular weight excluding hydrogens is 359 g/mol. The Morgan fingerprint density at radius 1 is 1.24 bits per heavy atom. The number of hydrogen-bond donors (Lipinski definition) is 0. The summed E-state index contributed by atoms with van der Waals surface area (Å²) in [6.45, 7) is 0. The van der Waals surface area contributed by atoms with Gasteiger partial charge in [0.15, 0.2) is 11.6 Å². The second-order valence-corrected chi connectivity index (χ2v) is 5.98. The fraction of sp³-hybridized carbons (Fsp3) is 0.133. The zero-order valence-corrected chi connectivity index (χ0v) is 13.5. The zero-order valence-electron chi connectivity index (χ0n) is 11.1. The van der Waals surface area contributed by atoms with Crippen LogP contribution in [0.25, 0.3) is 0 Å². The molecule has 0 bridgehead atoms. The van der Waals surface area contributed by atoms with Gasteiger partial charge in [-0.1, -0.05) is 15.9 Å². The molecule has 3 nitrogen and oxygen atoms in total. The number of carbonyl (C=O) groups excluding carboxylic acids is 1. The van der Waals surface area contributed by atoms with E-state index in [9.17, 15) is 9.18 Å². The van der Waals surface area contributed by atoms with Gasteiger partial charge in [0.05, 0.1) is 12.9 Å². The minimum Gasteiger partial charge on any atom is -0.497 e. The van der Waals surface area contributed by atoms with Crippen LogP contribution >= 0.6 is 27.7 Å². The monoisotopic (exact) mass is 370 g/mol. The predicted octanol–water partition coefficient (Wildman–Crippen LogP) is 4.29. The number of thioether (sulfide) groups is 1. The van der Waals surface area contributed by atoms with Gasteiger partial charge in [0.25, 0.3) is 0 Å². The molecule has 6 heteroatoms. The summed E-state index contributed by atoms with van der Waals surface area (Å²) in [5.74, 6) is -0.302. The maximum Gasteiger partial charge on any atom is 0.321 e. The number of ether oxygens (including phenoxy) is 2. The summed E-state index contributed by atoms with van der Waals surface area (Å²) >= 11 is 4.45. The number of esters is 1. The van der Waals surface area contributed by atoms with Crippen molar-refractivity contribution in [3.8, 4) is 11.5 Å². The summed E-state index contributed by atoms with van der Waals surface area (Å²) in [5, 5.41) is 0. The molecule has 21 heavy (non-hydrogen) atoms. The van der Waals surface area contributed by atoms with E-state index < -0.39 is 11.8 Å². The van der Waals surface area contributed by atoms with Gasteiger partial charge in [0, 0.05) is 9.37 Å². The first kappa shape index (κ1) is 15.9. The molecule has 2 aromatic rings. The molecule has 0 saturated heterocycles. The van der Waals surface area contributed by atoms with Gasteiger partial charge in [-0.2, -0.15) is 0 Å². The van der Waals surface area contributed by atoms with Gasteiger partial charge in [0.1, 0.15) is 5.75 Å². The SMILES string of the molecule is COc1ccc(SCC(=O)Oc2ccc(Br)cc2F)cc1. The number of benzene rings is 2. The zero-order chi connectivity index (χ0) is 15.2. The molecule has 0 amide bonds. The maximum atomic E-state index is 13.5. The fourth-order valence-corrected chi connectivity index (χ4v) is 2.53. The molecule has 0 aliphatic carbocycles. The lowest BCUT2D eigenvalue weighted by Gasteiger charge is -2.06. The third-order valence-electron chi connectivity index (χ3n) is 2.53. The minimum atomic E-state index is -0.577. The van der Waals surface area contributed by atoms with Crippen LogP contribution in [0.1, 0.15) is 0 Å². The molecule has 110 valence electrons. The minimum absolute atomic E-state index is 0.0708. The van der Waals surface area contributed by atoms with Gasteiger partial charge in [-0.3, -0.25) is 4.79 Å². The van der Waals surface area contributed by atoms with Crippen LogP contribution in [0.2, 0.25) is 0 Å². The van der Waals surface area contributed by atoms with Crippen molar-refractivity contribution in [2.24, 2.45) is 0 Å². The molecule has 0 fully saturated rings. The lowest BCUT2D eigenvalue weighted by Crippen LogP contribution is -2.11. The van der Waals surface area contributed by atoms with Crippen LogP contribution in [0.5, 0.6) is 11.5 Å². The summed E-state index contributed by atoms with van der Waals surface area (Å²) in [7, 11) is 1.59. The van der Waals surface area contributed by atoms with Crippen molar-refractivity contribution in [3.63, 3.8) is 0 Å². The molecule has 0 aliphatic rings. The van der Waals surface area contributed by atoms with Crippen molar-refractivity contribution in [3.05, 3.63) is 52.8 Å². The molecule has 0 N–H and O–H groups in total. The Balaban J connectivity index is 1.89. The molecule has 0 aliphatic heterocycles. The van der Waals surface area contributed by atoms with E-state index in [-0.39, 0.29) is 11.5 Å². The van der Waals surface area contributed by atoms with E-state index in [1.165, 1.54) is 23.9 Å². The highest BCUT2D eigenvalue weighted by molar-refractivity contribution is 9.10. The molecule has 0 aromatic heterocycles. The highest BCUT2D eigenvalue weighted by Gasteiger charge is 2.10. The van der Waals surface area contributed by atoms with Gasteiger partial charge < -0.3 is 9.47 Å². The van der Waals surface area contributed by atoms with E-state index in [0.717, 1.165) is 10.6 Å². The van der Waals surface area contributed by atoms with Gasteiger partial charge in [-0.25, -0.2) is 4.39 Å². The Labute approximate surface area is 134 Å². The highest BCUT2D eigenvalue weighted by atomic mass is 79.9. The van der Waals surface area contributed by atoms with Crippen LogP contribution in [-0.4, -0.2) is 18.8 Å². The Morgan fingerprint density at radius 2 is 1.95 bits per heavy atom. The van der Waals surface area contributed by atoms with Crippen molar-refractivity contribution >= 4 is 33.7 Å². The highest BCUT2D eigenvalue weighted by Crippen LogP contribution is 2.24. The van der Waals surface area contributed by atoms with Gasteiger partial charge in [-0.05, 0) is 42.5 Å². The van der Waals surface area contributed by atoms with E-state index in [2.05, 4.69) is 15.9 Å². The second-order valence-electron chi connectivity index (χ2n) is 4.01. The Kier molecular flexibility index (Phi) is 5.64. The number of hydrogen-bond acceptors (Lipinski definition) is 4. The first-order valence-electron chi connectivity index (χ1n) is 6.01. The topological polar surface area (TPSA) is 35.5 Å². The average Bonchev–Trinajstić information content (AvgIpc) is 2.48. The molecule has 0 spiro atoms. The number of carbonyl (C=O) groups is 1. The van der Waals surface area contributed by atoms with Crippen LogP contribution in [0.15, 0.2) is 51.8 Å². The van der Waals surface area contributed by atoms with Crippen molar-refractivity contribution in [2.75, 3.05) is 12.9 Å². The molecule has 0 radical (unpaired) electrons. The fourth-order valence-electron chi connectivity index (χ4n) is 1.52. The average molecular weight is 371 g/mol. The van der Waals surface area contributed by atoms with E-state index in [1.54, 1.807) is 13.2 Å². The van der Waals surface area contributed by atoms with E-state index in [4.69, 9.17) is 9.47 Å². The third kappa shape index (κ3) is 4.75. The summed E-state index contributed by atoms with van der Waals surface area (Å²) in [4.78, 5) is 12.6. The van der Waals surface area contributed by atoms with E-state index in [0.29, 0.717) is 4.47 Å². The molecule has 0 heterocycles. The normalized spacial score (nSPS) is 10.2. The van der Waals surface area contributed by atoms with Crippen molar-refractivity contribution in [1.82, 2.24) is 0 Å². The predicted molar refractivity (Wildman–Crippen MR) is 83.5 cm³/mol. The maximum absolute atomic E-state index is 13.5. The smallest absolute Gasteiger partial charge is 0.321 e. The van der Waals surface area contributed by atoms with E-state index in [1.807, 2.05) is 24.3 Å². The number of methoxy groups -OCH3 is 1. The van der Waals surface area contributed by atoms with Crippen LogP contribution in [0.4, 0.5) is 4.39 Å². The Bertz CT molecular complexity index is 631. The van der Waals surface area contributed by atoms with Gasteiger partial charge >= 0.3 is 5.97 Å². The standard InChI is InChI=1S/C15H12BrFO3S/c1-19-11-3-5-12(6-4-11)21-9-15(18)20-14-7-2-10(16)8-13(14)17/h2-8H,9H2,1H3. The second kappa shape index (κ2) is 7.47. The van der Waals surface area contributed by atoms with Crippen molar-refractivity contribution in [2.45, 2.75) is 4.90 Å². The van der Waals surface area contributed by atoms with Crippen LogP contribution < -0.4 is 9.47 Å². The van der Waals surface area contributed by atoms with Gasteiger partial charge in [0.2, 0.25) is 0 Å². The lowest BCUT2D eigenvalue weighted by molar-refractivity contribution is -0.131. The molecule has 0 atom stereocenters.